The molecule has 1 N–H and O–H groups in total. The molecule has 1 aliphatic heterocycles. The topological polar surface area (TPSA) is 71.5 Å². The Bertz CT molecular complexity index is 870. The predicted molar refractivity (Wildman–Crippen MR) is 86.5 cm³/mol. The Hall–Kier alpha value is -2.62. The van der Waals surface area contributed by atoms with Crippen molar-refractivity contribution < 1.29 is 17.6 Å². The molecule has 1 saturated heterocycles. The van der Waals surface area contributed by atoms with Gasteiger partial charge in [0.2, 0.25) is 0 Å². The first-order valence-electron chi connectivity index (χ1n) is 8.33. The lowest BCUT2D eigenvalue weighted by Gasteiger charge is -2.26. The Morgan fingerprint density at radius 3 is 2.65 bits per heavy atom. The smallest absolute Gasteiger partial charge is 0.453 e. The van der Waals surface area contributed by atoms with Gasteiger partial charge in [-0.2, -0.15) is 17.7 Å². The van der Waals surface area contributed by atoms with E-state index in [0.717, 1.165) is 31.7 Å². The van der Waals surface area contributed by atoms with Crippen molar-refractivity contribution in [3.05, 3.63) is 42.1 Å². The van der Waals surface area contributed by atoms with Gasteiger partial charge in [-0.3, -0.25) is 4.90 Å². The van der Waals surface area contributed by atoms with Crippen molar-refractivity contribution in [2.75, 3.05) is 25.0 Å². The summed E-state index contributed by atoms with van der Waals surface area (Å²) in [6.07, 6.45) is -0.749. The van der Waals surface area contributed by atoms with E-state index in [2.05, 4.69) is 25.5 Å². The highest BCUT2D eigenvalue weighted by Crippen LogP contribution is 2.28. The zero-order chi connectivity index (χ0) is 18.1. The Balaban J connectivity index is 1.56. The molecule has 26 heavy (non-hydrogen) atoms. The average Bonchev–Trinajstić information content (AvgIpc) is 3.36. The highest BCUT2D eigenvalue weighted by molar-refractivity contribution is 5.44. The molecule has 0 radical (unpaired) electrons. The molecule has 3 aromatic heterocycles. The van der Waals surface area contributed by atoms with Crippen LogP contribution in [0.15, 0.2) is 34.9 Å². The third-order valence-corrected chi connectivity index (χ3v) is 4.45. The monoisotopic (exact) mass is 366 g/mol. The highest BCUT2D eigenvalue weighted by Gasteiger charge is 2.37. The van der Waals surface area contributed by atoms with Crippen LogP contribution in [0.3, 0.4) is 0 Å². The number of halogens is 3. The van der Waals surface area contributed by atoms with E-state index in [1.54, 1.807) is 12.3 Å². The molecular formula is C16H17F3N6O. The van der Waals surface area contributed by atoms with Gasteiger partial charge in [0.25, 0.3) is 5.82 Å². The standard InChI is InChI=1S/C16H17F3N6O/c17-16(18,19)15-22-21-14-6-5-13(23-25(14)15)20-10-11(12-4-3-9-26-12)24-7-1-2-8-24/h3-6,9,11H,1-2,7-8,10H2,(H,20,23). The third kappa shape index (κ3) is 3.24. The molecule has 1 unspecified atom stereocenters. The molecule has 0 spiro atoms. The summed E-state index contributed by atoms with van der Waals surface area (Å²) in [5.74, 6) is -0.00223. The van der Waals surface area contributed by atoms with Crippen LogP contribution in [0.5, 0.6) is 0 Å². The Morgan fingerprint density at radius 2 is 1.96 bits per heavy atom. The Kier molecular flexibility index (Phi) is 4.27. The number of furan rings is 1. The Labute approximate surface area is 146 Å². The van der Waals surface area contributed by atoms with E-state index in [1.807, 2.05) is 12.1 Å². The van der Waals surface area contributed by atoms with E-state index in [4.69, 9.17) is 4.42 Å². The molecule has 10 heteroatoms. The molecule has 1 fully saturated rings. The molecule has 138 valence electrons. The second-order valence-corrected chi connectivity index (χ2v) is 6.17. The van der Waals surface area contributed by atoms with Crippen molar-refractivity contribution in [3.8, 4) is 0 Å². The molecule has 0 saturated carbocycles. The van der Waals surface area contributed by atoms with Crippen LogP contribution >= 0.6 is 0 Å². The van der Waals surface area contributed by atoms with Crippen LogP contribution in [-0.4, -0.2) is 44.3 Å². The second kappa shape index (κ2) is 6.60. The van der Waals surface area contributed by atoms with E-state index >= 15 is 0 Å². The van der Waals surface area contributed by atoms with Gasteiger partial charge in [0.1, 0.15) is 11.6 Å². The number of anilines is 1. The second-order valence-electron chi connectivity index (χ2n) is 6.17. The van der Waals surface area contributed by atoms with Crippen molar-refractivity contribution in [1.82, 2.24) is 24.7 Å². The van der Waals surface area contributed by atoms with Gasteiger partial charge in [-0.1, -0.05) is 0 Å². The molecule has 0 amide bonds. The van der Waals surface area contributed by atoms with Crippen LogP contribution in [0.4, 0.5) is 19.0 Å². The summed E-state index contributed by atoms with van der Waals surface area (Å²) in [7, 11) is 0. The summed E-state index contributed by atoms with van der Waals surface area (Å²) in [4.78, 5) is 2.30. The fourth-order valence-electron chi connectivity index (χ4n) is 3.20. The van der Waals surface area contributed by atoms with Crippen LogP contribution in [0.25, 0.3) is 5.65 Å². The predicted octanol–water partition coefficient (Wildman–Crippen LogP) is 2.99. The number of fused-ring (bicyclic) bond motifs is 1. The highest BCUT2D eigenvalue weighted by atomic mass is 19.4. The van der Waals surface area contributed by atoms with Crippen molar-refractivity contribution in [1.29, 1.82) is 0 Å². The van der Waals surface area contributed by atoms with Crippen LogP contribution in [0, 0.1) is 0 Å². The zero-order valence-corrected chi connectivity index (χ0v) is 13.8. The van der Waals surface area contributed by atoms with E-state index in [9.17, 15) is 13.2 Å². The van der Waals surface area contributed by atoms with Crippen molar-refractivity contribution in [3.63, 3.8) is 0 Å². The van der Waals surface area contributed by atoms with Crippen molar-refractivity contribution in [2.45, 2.75) is 25.1 Å². The summed E-state index contributed by atoms with van der Waals surface area (Å²) in [5, 5.41) is 13.8. The number of hydrogen-bond acceptors (Lipinski definition) is 6. The van der Waals surface area contributed by atoms with Crippen molar-refractivity contribution in [2.24, 2.45) is 0 Å². The average molecular weight is 366 g/mol. The number of nitrogens with one attached hydrogen (secondary N) is 1. The van der Waals surface area contributed by atoms with Gasteiger partial charge in [-0.15, -0.1) is 15.3 Å². The quantitative estimate of drug-likeness (QED) is 0.749. The maximum absolute atomic E-state index is 13.0. The minimum atomic E-state index is -4.61. The number of rotatable bonds is 5. The van der Waals surface area contributed by atoms with Gasteiger partial charge in [0, 0.05) is 6.54 Å². The van der Waals surface area contributed by atoms with E-state index in [0.29, 0.717) is 16.9 Å². The van der Waals surface area contributed by atoms with Gasteiger partial charge in [0.05, 0.1) is 12.3 Å². The molecule has 0 bridgehead atoms. The maximum atomic E-state index is 13.0. The van der Waals surface area contributed by atoms with Crippen LogP contribution in [0.2, 0.25) is 0 Å². The van der Waals surface area contributed by atoms with Gasteiger partial charge in [-0.25, -0.2) is 0 Å². The van der Waals surface area contributed by atoms with E-state index < -0.39 is 12.0 Å². The van der Waals surface area contributed by atoms with Gasteiger partial charge in [0.15, 0.2) is 5.65 Å². The first-order valence-corrected chi connectivity index (χ1v) is 8.33. The maximum Gasteiger partial charge on any atom is 0.453 e. The number of alkyl halides is 3. The van der Waals surface area contributed by atoms with Crippen LogP contribution in [0.1, 0.15) is 30.5 Å². The largest absolute Gasteiger partial charge is 0.468 e. The Morgan fingerprint density at radius 1 is 1.15 bits per heavy atom. The lowest BCUT2D eigenvalue weighted by molar-refractivity contribution is -0.146. The summed E-state index contributed by atoms with van der Waals surface area (Å²) in [6.45, 7) is 2.39. The molecule has 4 heterocycles. The third-order valence-electron chi connectivity index (χ3n) is 4.45. The summed E-state index contributed by atoms with van der Waals surface area (Å²) >= 11 is 0. The van der Waals surface area contributed by atoms with Gasteiger partial charge >= 0.3 is 6.18 Å². The minimum absolute atomic E-state index is 0.00649. The fourth-order valence-corrected chi connectivity index (χ4v) is 3.20. The zero-order valence-electron chi connectivity index (χ0n) is 13.8. The molecule has 1 atom stereocenters. The molecule has 1 aliphatic rings. The number of aromatic nitrogens is 4. The summed E-state index contributed by atoms with van der Waals surface area (Å²) in [5.41, 5.74) is 0.0463. The van der Waals surface area contributed by atoms with Gasteiger partial charge < -0.3 is 9.73 Å². The number of likely N-dealkylation sites (tertiary alicyclic amines) is 1. The van der Waals surface area contributed by atoms with Crippen LogP contribution < -0.4 is 5.32 Å². The first-order chi connectivity index (χ1) is 12.5. The van der Waals surface area contributed by atoms with E-state index in [1.165, 1.54) is 6.07 Å². The van der Waals surface area contributed by atoms with Crippen molar-refractivity contribution >= 4 is 11.5 Å². The normalized spacial score (nSPS) is 17.0. The van der Waals surface area contributed by atoms with Gasteiger partial charge in [-0.05, 0) is 50.2 Å². The minimum Gasteiger partial charge on any atom is -0.468 e. The number of hydrogen-bond donors (Lipinski definition) is 1. The SMILES string of the molecule is FC(F)(F)c1nnc2ccc(NCC(c3ccco3)N3CCCC3)nn12. The molecule has 3 aromatic rings. The number of nitrogens with zero attached hydrogens (tertiary/aromatic N) is 5. The molecule has 7 nitrogen and oxygen atoms in total. The molecular weight excluding hydrogens is 349 g/mol. The lowest BCUT2D eigenvalue weighted by atomic mass is 10.2. The summed E-state index contributed by atoms with van der Waals surface area (Å²) < 4.78 is 45.2. The fraction of sp³-hybridized carbons (Fsp3) is 0.438. The summed E-state index contributed by atoms with van der Waals surface area (Å²) in [6, 6.07) is 6.77. The van der Waals surface area contributed by atoms with E-state index in [-0.39, 0.29) is 11.7 Å². The van der Waals surface area contributed by atoms with Crippen LogP contribution in [-0.2, 0) is 6.18 Å². The lowest BCUT2D eigenvalue weighted by Crippen LogP contribution is -2.31. The molecule has 4 rings (SSSR count). The molecule has 0 aromatic carbocycles. The molecule has 0 aliphatic carbocycles. The first kappa shape index (κ1) is 16.8.